The SMILES string of the molecule is CC(O)CCN(Cc1nc(N)nc(Nc2ccc(F)cc2)n1)C(C)c1ccccc1Cl. The molecular formula is C22H26ClFN6O. The molecule has 2 atom stereocenters. The Kier molecular flexibility index (Phi) is 7.73. The van der Waals surface area contributed by atoms with Gasteiger partial charge < -0.3 is 16.2 Å². The van der Waals surface area contributed by atoms with Gasteiger partial charge in [0.05, 0.1) is 12.6 Å². The van der Waals surface area contributed by atoms with E-state index in [0.29, 0.717) is 36.0 Å². The van der Waals surface area contributed by atoms with Crippen molar-refractivity contribution >= 4 is 29.2 Å². The number of rotatable bonds is 9. The van der Waals surface area contributed by atoms with Gasteiger partial charge in [-0.3, -0.25) is 4.90 Å². The Morgan fingerprint density at radius 2 is 1.81 bits per heavy atom. The van der Waals surface area contributed by atoms with Gasteiger partial charge in [-0.1, -0.05) is 29.8 Å². The highest BCUT2D eigenvalue weighted by Gasteiger charge is 2.20. The van der Waals surface area contributed by atoms with Crippen LogP contribution in [0.5, 0.6) is 0 Å². The zero-order chi connectivity index (χ0) is 22.4. The molecule has 3 aromatic rings. The second kappa shape index (κ2) is 10.5. The Morgan fingerprint density at radius 3 is 2.48 bits per heavy atom. The lowest BCUT2D eigenvalue weighted by molar-refractivity contribution is 0.132. The van der Waals surface area contributed by atoms with Gasteiger partial charge in [0, 0.05) is 23.3 Å². The minimum absolute atomic E-state index is 0.0426. The first-order chi connectivity index (χ1) is 14.8. The number of nitrogens with one attached hydrogen (secondary N) is 1. The van der Waals surface area contributed by atoms with Crippen molar-refractivity contribution in [1.29, 1.82) is 0 Å². The maximum atomic E-state index is 13.1. The minimum Gasteiger partial charge on any atom is -0.393 e. The van der Waals surface area contributed by atoms with Gasteiger partial charge in [-0.05, 0) is 56.2 Å². The number of hydrogen-bond acceptors (Lipinski definition) is 7. The number of nitrogens with zero attached hydrogens (tertiary/aromatic N) is 4. The van der Waals surface area contributed by atoms with Crippen LogP contribution in [0, 0.1) is 5.82 Å². The van der Waals surface area contributed by atoms with Gasteiger partial charge in [0.15, 0.2) is 0 Å². The Bertz CT molecular complexity index is 1000. The predicted molar refractivity (Wildman–Crippen MR) is 120 cm³/mol. The Labute approximate surface area is 186 Å². The molecule has 0 spiro atoms. The van der Waals surface area contributed by atoms with Gasteiger partial charge in [0.1, 0.15) is 11.6 Å². The molecule has 9 heteroatoms. The smallest absolute Gasteiger partial charge is 0.232 e. The number of hydrogen-bond donors (Lipinski definition) is 3. The molecule has 164 valence electrons. The molecule has 0 aliphatic heterocycles. The van der Waals surface area contributed by atoms with Crippen molar-refractivity contribution in [3.05, 3.63) is 70.8 Å². The van der Waals surface area contributed by atoms with E-state index >= 15 is 0 Å². The molecule has 0 amide bonds. The number of aliphatic hydroxyl groups excluding tert-OH is 1. The third-order valence-electron chi connectivity index (χ3n) is 4.88. The van der Waals surface area contributed by atoms with Crippen LogP contribution >= 0.6 is 11.6 Å². The molecule has 0 saturated carbocycles. The van der Waals surface area contributed by atoms with Crippen LogP contribution in [0.4, 0.5) is 22.0 Å². The normalized spacial score (nSPS) is 13.2. The summed E-state index contributed by atoms with van der Waals surface area (Å²) in [5.74, 6) is 0.496. The summed E-state index contributed by atoms with van der Waals surface area (Å²) in [7, 11) is 0. The highest BCUT2D eigenvalue weighted by molar-refractivity contribution is 6.31. The van der Waals surface area contributed by atoms with Gasteiger partial charge in [0.2, 0.25) is 11.9 Å². The van der Waals surface area contributed by atoms with Crippen LogP contribution in [-0.4, -0.2) is 37.6 Å². The van der Waals surface area contributed by atoms with E-state index in [2.05, 4.69) is 25.2 Å². The molecule has 3 rings (SSSR count). The third-order valence-corrected chi connectivity index (χ3v) is 5.23. The molecule has 2 aromatic carbocycles. The summed E-state index contributed by atoms with van der Waals surface area (Å²) in [4.78, 5) is 15.0. The van der Waals surface area contributed by atoms with Crippen molar-refractivity contribution in [2.75, 3.05) is 17.6 Å². The zero-order valence-corrected chi connectivity index (χ0v) is 18.2. The molecule has 31 heavy (non-hydrogen) atoms. The van der Waals surface area contributed by atoms with Crippen LogP contribution in [0.15, 0.2) is 48.5 Å². The summed E-state index contributed by atoms with van der Waals surface area (Å²) >= 11 is 6.41. The van der Waals surface area contributed by atoms with Crippen LogP contribution in [0.1, 0.15) is 37.7 Å². The fourth-order valence-corrected chi connectivity index (χ4v) is 3.48. The third kappa shape index (κ3) is 6.58. The molecule has 7 nitrogen and oxygen atoms in total. The largest absolute Gasteiger partial charge is 0.393 e. The van der Waals surface area contributed by atoms with Crippen LogP contribution in [0.2, 0.25) is 5.02 Å². The van der Waals surface area contributed by atoms with E-state index in [9.17, 15) is 9.50 Å². The highest BCUT2D eigenvalue weighted by atomic mass is 35.5. The van der Waals surface area contributed by atoms with Crippen LogP contribution < -0.4 is 11.1 Å². The molecule has 1 aromatic heterocycles. The average Bonchev–Trinajstić information content (AvgIpc) is 2.72. The lowest BCUT2D eigenvalue weighted by Gasteiger charge is -2.30. The lowest BCUT2D eigenvalue weighted by atomic mass is 10.1. The Balaban J connectivity index is 1.83. The van der Waals surface area contributed by atoms with E-state index in [1.54, 1.807) is 19.1 Å². The maximum Gasteiger partial charge on any atom is 0.232 e. The molecule has 0 aliphatic carbocycles. The number of aromatic nitrogens is 3. The molecule has 4 N–H and O–H groups in total. The van der Waals surface area contributed by atoms with E-state index in [4.69, 9.17) is 17.3 Å². The summed E-state index contributed by atoms with van der Waals surface area (Å²) < 4.78 is 13.1. The van der Waals surface area contributed by atoms with Gasteiger partial charge in [-0.15, -0.1) is 0 Å². The van der Waals surface area contributed by atoms with Crippen molar-refractivity contribution in [3.8, 4) is 0 Å². The average molecular weight is 445 g/mol. The van der Waals surface area contributed by atoms with E-state index in [1.165, 1.54) is 12.1 Å². The standard InChI is InChI=1S/C22H26ClFN6O/c1-14(31)11-12-30(15(2)18-5-3-4-6-19(18)23)13-20-27-21(25)29-22(28-20)26-17-9-7-16(24)8-10-17/h3-10,14-15,31H,11-13H2,1-2H3,(H3,25,26,27,28,29). The van der Waals surface area contributed by atoms with Gasteiger partial charge in [-0.25, -0.2) is 4.39 Å². The van der Waals surface area contributed by atoms with E-state index in [-0.39, 0.29) is 23.8 Å². The molecule has 0 saturated heterocycles. The van der Waals surface area contributed by atoms with E-state index in [0.717, 1.165) is 5.56 Å². The second-order valence-corrected chi connectivity index (χ2v) is 7.78. The van der Waals surface area contributed by atoms with Gasteiger partial charge >= 0.3 is 0 Å². The summed E-state index contributed by atoms with van der Waals surface area (Å²) in [6.45, 7) is 4.79. The first kappa shape index (κ1) is 22.9. The van der Waals surface area contributed by atoms with Crippen molar-refractivity contribution < 1.29 is 9.50 Å². The maximum absolute atomic E-state index is 13.1. The lowest BCUT2D eigenvalue weighted by Crippen LogP contribution is -2.30. The van der Waals surface area contributed by atoms with Crippen LogP contribution in [-0.2, 0) is 6.54 Å². The number of benzene rings is 2. The van der Waals surface area contributed by atoms with Crippen LogP contribution in [0.3, 0.4) is 0 Å². The number of halogens is 2. The predicted octanol–water partition coefficient (Wildman–Crippen LogP) is 4.32. The number of nitrogen functional groups attached to an aromatic ring is 1. The van der Waals surface area contributed by atoms with Gasteiger partial charge in [-0.2, -0.15) is 15.0 Å². The summed E-state index contributed by atoms with van der Waals surface area (Å²) in [5.41, 5.74) is 7.51. The van der Waals surface area contributed by atoms with Crippen molar-refractivity contribution in [3.63, 3.8) is 0 Å². The fraction of sp³-hybridized carbons (Fsp3) is 0.318. The molecule has 0 fully saturated rings. The summed E-state index contributed by atoms with van der Waals surface area (Å²) in [6, 6.07) is 13.5. The van der Waals surface area contributed by atoms with Crippen LogP contribution in [0.25, 0.3) is 0 Å². The minimum atomic E-state index is -0.444. The monoisotopic (exact) mass is 444 g/mol. The molecule has 2 unspecified atom stereocenters. The first-order valence-corrected chi connectivity index (χ1v) is 10.4. The Hall–Kier alpha value is -2.81. The van der Waals surface area contributed by atoms with E-state index < -0.39 is 6.10 Å². The zero-order valence-electron chi connectivity index (χ0n) is 17.5. The topological polar surface area (TPSA) is 100 Å². The van der Waals surface area contributed by atoms with Crippen molar-refractivity contribution in [2.24, 2.45) is 0 Å². The fourth-order valence-electron chi connectivity index (χ4n) is 3.18. The second-order valence-electron chi connectivity index (χ2n) is 7.37. The van der Waals surface area contributed by atoms with Crippen molar-refractivity contribution in [2.45, 2.75) is 39.0 Å². The number of nitrogens with two attached hydrogens (primary N) is 1. The number of aliphatic hydroxyl groups is 1. The Morgan fingerprint density at radius 1 is 1.10 bits per heavy atom. The van der Waals surface area contributed by atoms with Crippen molar-refractivity contribution in [1.82, 2.24) is 19.9 Å². The molecular weight excluding hydrogens is 419 g/mol. The quantitative estimate of drug-likeness (QED) is 0.451. The highest BCUT2D eigenvalue weighted by Crippen LogP contribution is 2.28. The summed E-state index contributed by atoms with van der Waals surface area (Å²) in [6.07, 6.45) is 0.135. The molecule has 0 radical (unpaired) electrons. The number of anilines is 3. The summed E-state index contributed by atoms with van der Waals surface area (Å²) in [5, 5.41) is 13.5. The van der Waals surface area contributed by atoms with E-state index in [1.807, 2.05) is 31.2 Å². The van der Waals surface area contributed by atoms with Gasteiger partial charge in [0.25, 0.3) is 0 Å². The molecule has 0 aliphatic rings. The molecule has 0 bridgehead atoms. The molecule has 1 heterocycles. The first-order valence-electron chi connectivity index (χ1n) is 10.0.